The van der Waals surface area contributed by atoms with Crippen LogP contribution in [0.15, 0.2) is 47.8 Å². The standard InChI is InChI=1S/C14H12N2O/c1-9(2)16-13-8-11-6-4-3-5-10(11)7-12(13)15-14(16)17/h3-8H,1H2,2H3,(H,15,17). The Morgan fingerprint density at radius 1 is 1.24 bits per heavy atom. The van der Waals surface area contributed by atoms with Crippen molar-refractivity contribution in [1.29, 1.82) is 0 Å². The molecule has 0 fully saturated rings. The molecular weight excluding hydrogens is 212 g/mol. The van der Waals surface area contributed by atoms with Crippen LogP contribution in [0.3, 0.4) is 0 Å². The lowest BCUT2D eigenvalue weighted by atomic mass is 10.1. The number of nitrogens with one attached hydrogen (secondary N) is 1. The van der Waals surface area contributed by atoms with Crippen LogP contribution in [-0.4, -0.2) is 9.55 Å². The van der Waals surface area contributed by atoms with Crippen molar-refractivity contribution in [1.82, 2.24) is 9.55 Å². The van der Waals surface area contributed by atoms with Crippen molar-refractivity contribution in [2.45, 2.75) is 6.92 Å². The molecule has 84 valence electrons. The van der Waals surface area contributed by atoms with Crippen LogP contribution < -0.4 is 5.69 Å². The Balaban J connectivity index is 2.53. The van der Waals surface area contributed by atoms with Crippen molar-refractivity contribution in [2.75, 3.05) is 0 Å². The Kier molecular flexibility index (Phi) is 1.95. The van der Waals surface area contributed by atoms with Gasteiger partial charge in [0.15, 0.2) is 0 Å². The molecule has 1 heterocycles. The first-order valence-electron chi connectivity index (χ1n) is 5.46. The van der Waals surface area contributed by atoms with Crippen molar-refractivity contribution in [3.05, 3.63) is 53.5 Å². The van der Waals surface area contributed by atoms with Crippen molar-refractivity contribution in [3.8, 4) is 0 Å². The fourth-order valence-electron chi connectivity index (χ4n) is 2.17. The van der Waals surface area contributed by atoms with Crippen LogP contribution >= 0.6 is 0 Å². The average Bonchev–Trinajstić information content (AvgIpc) is 2.60. The zero-order valence-corrected chi connectivity index (χ0v) is 9.53. The van der Waals surface area contributed by atoms with Crippen LogP contribution in [0.25, 0.3) is 27.5 Å². The zero-order chi connectivity index (χ0) is 12.0. The molecule has 0 bridgehead atoms. The molecule has 1 aromatic heterocycles. The van der Waals surface area contributed by atoms with Gasteiger partial charge in [0.1, 0.15) is 0 Å². The number of nitrogens with zero attached hydrogens (tertiary/aromatic N) is 1. The molecule has 0 spiro atoms. The number of imidazole rings is 1. The Labute approximate surface area is 98.0 Å². The molecule has 0 saturated carbocycles. The fraction of sp³-hybridized carbons (Fsp3) is 0.0714. The molecule has 2 aromatic carbocycles. The molecule has 0 aliphatic rings. The second-order valence-corrected chi connectivity index (χ2v) is 4.22. The highest BCUT2D eigenvalue weighted by atomic mass is 16.1. The van der Waals surface area contributed by atoms with E-state index < -0.39 is 0 Å². The number of hydrogen-bond donors (Lipinski definition) is 1. The highest BCUT2D eigenvalue weighted by Crippen LogP contribution is 2.21. The largest absolute Gasteiger partial charge is 0.330 e. The van der Waals surface area contributed by atoms with Crippen LogP contribution in [0.5, 0.6) is 0 Å². The normalized spacial score (nSPS) is 11.1. The van der Waals surface area contributed by atoms with Gasteiger partial charge in [-0.05, 0) is 29.8 Å². The van der Waals surface area contributed by atoms with Crippen LogP contribution in [0, 0.1) is 0 Å². The highest BCUT2D eigenvalue weighted by Gasteiger charge is 2.07. The number of aromatic nitrogens is 2. The topological polar surface area (TPSA) is 37.8 Å². The van der Waals surface area contributed by atoms with E-state index in [1.807, 2.05) is 43.3 Å². The first kappa shape index (κ1) is 9.90. The Hall–Kier alpha value is -2.29. The molecule has 0 aliphatic carbocycles. The monoisotopic (exact) mass is 224 g/mol. The fourth-order valence-corrected chi connectivity index (χ4v) is 2.17. The molecule has 1 N–H and O–H groups in total. The maximum absolute atomic E-state index is 11.8. The van der Waals surface area contributed by atoms with Crippen LogP contribution in [0.2, 0.25) is 0 Å². The lowest BCUT2D eigenvalue weighted by Crippen LogP contribution is -2.13. The number of allylic oxidation sites excluding steroid dienone is 1. The SMILES string of the molecule is C=C(C)n1c(=O)[nH]c2cc3ccccc3cc21. The average molecular weight is 224 g/mol. The summed E-state index contributed by atoms with van der Waals surface area (Å²) in [4.78, 5) is 14.7. The molecular formula is C14H12N2O. The van der Waals surface area contributed by atoms with E-state index in [0.717, 1.165) is 27.5 Å². The van der Waals surface area contributed by atoms with Crippen molar-refractivity contribution in [3.63, 3.8) is 0 Å². The summed E-state index contributed by atoms with van der Waals surface area (Å²) >= 11 is 0. The molecule has 0 unspecified atom stereocenters. The summed E-state index contributed by atoms with van der Waals surface area (Å²) in [5.74, 6) is 0. The van der Waals surface area contributed by atoms with Gasteiger partial charge < -0.3 is 4.98 Å². The van der Waals surface area contributed by atoms with E-state index in [1.165, 1.54) is 0 Å². The molecule has 0 aliphatic heterocycles. The molecule has 3 aromatic rings. The van der Waals surface area contributed by atoms with Gasteiger partial charge in [-0.1, -0.05) is 30.8 Å². The van der Waals surface area contributed by atoms with Gasteiger partial charge in [-0.2, -0.15) is 0 Å². The summed E-state index contributed by atoms with van der Waals surface area (Å²) < 4.78 is 1.60. The van der Waals surface area contributed by atoms with Crippen LogP contribution in [0.1, 0.15) is 6.92 Å². The summed E-state index contributed by atoms with van der Waals surface area (Å²) in [5, 5.41) is 2.24. The zero-order valence-electron chi connectivity index (χ0n) is 9.53. The minimum absolute atomic E-state index is 0.136. The summed E-state index contributed by atoms with van der Waals surface area (Å²) in [7, 11) is 0. The van der Waals surface area contributed by atoms with Crippen LogP contribution in [0.4, 0.5) is 0 Å². The Morgan fingerprint density at radius 3 is 2.53 bits per heavy atom. The molecule has 0 radical (unpaired) electrons. The third-order valence-corrected chi connectivity index (χ3v) is 2.93. The van der Waals surface area contributed by atoms with E-state index in [2.05, 4.69) is 11.6 Å². The van der Waals surface area contributed by atoms with E-state index >= 15 is 0 Å². The van der Waals surface area contributed by atoms with Crippen molar-refractivity contribution >= 4 is 27.5 Å². The van der Waals surface area contributed by atoms with E-state index in [4.69, 9.17) is 0 Å². The smallest absolute Gasteiger partial charge is 0.305 e. The third-order valence-electron chi connectivity index (χ3n) is 2.93. The van der Waals surface area contributed by atoms with Gasteiger partial charge >= 0.3 is 5.69 Å². The second kappa shape index (κ2) is 3.35. The van der Waals surface area contributed by atoms with Gasteiger partial charge in [0, 0.05) is 5.70 Å². The van der Waals surface area contributed by atoms with Crippen molar-refractivity contribution in [2.24, 2.45) is 0 Å². The molecule has 0 amide bonds. The summed E-state index contributed by atoms with van der Waals surface area (Å²) in [6, 6.07) is 12.1. The molecule has 3 rings (SSSR count). The van der Waals surface area contributed by atoms with Crippen LogP contribution in [-0.2, 0) is 0 Å². The van der Waals surface area contributed by atoms with Gasteiger partial charge in [-0.25, -0.2) is 4.79 Å². The van der Waals surface area contributed by atoms with Crippen molar-refractivity contribution < 1.29 is 0 Å². The van der Waals surface area contributed by atoms with E-state index in [1.54, 1.807) is 4.57 Å². The number of aromatic amines is 1. The molecule has 0 saturated heterocycles. The summed E-state index contributed by atoms with van der Waals surface area (Å²) in [5.41, 5.74) is 2.30. The number of rotatable bonds is 1. The Bertz CT molecular complexity index is 793. The molecule has 3 nitrogen and oxygen atoms in total. The number of H-pyrrole nitrogens is 1. The minimum atomic E-state index is -0.136. The number of hydrogen-bond acceptors (Lipinski definition) is 1. The summed E-state index contributed by atoms with van der Waals surface area (Å²) in [6.07, 6.45) is 0. The second-order valence-electron chi connectivity index (χ2n) is 4.22. The molecule has 17 heavy (non-hydrogen) atoms. The van der Waals surface area contributed by atoms with Gasteiger partial charge in [-0.3, -0.25) is 4.57 Å². The summed E-state index contributed by atoms with van der Waals surface area (Å²) in [6.45, 7) is 5.65. The predicted octanol–water partition coefficient (Wildman–Crippen LogP) is 2.97. The first-order chi connectivity index (χ1) is 8.16. The molecule has 0 atom stereocenters. The van der Waals surface area contributed by atoms with Gasteiger partial charge in [0.05, 0.1) is 11.0 Å². The number of fused-ring (bicyclic) bond motifs is 2. The third kappa shape index (κ3) is 1.40. The van der Waals surface area contributed by atoms with E-state index in [-0.39, 0.29) is 5.69 Å². The predicted molar refractivity (Wildman–Crippen MR) is 71.1 cm³/mol. The first-order valence-corrected chi connectivity index (χ1v) is 5.46. The van der Waals surface area contributed by atoms with Gasteiger partial charge in [0.25, 0.3) is 0 Å². The maximum atomic E-state index is 11.8. The molecule has 3 heteroatoms. The van der Waals surface area contributed by atoms with E-state index in [0.29, 0.717) is 0 Å². The minimum Gasteiger partial charge on any atom is -0.305 e. The maximum Gasteiger partial charge on any atom is 0.330 e. The number of benzene rings is 2. The lowest BCUT2D eigenvalue weighted by Gasteiger charge is -2.02. The highest BCUT2D eigenvalue weighted by molar-refractivity contribution is 5.96. The van der Waals surface area contributed by atoms with E-state index in [9.17, 15) is 4.79 Å². The van der Waals surface area contributed by atoms with Gasteiger partial charge in [-0.15, -0.1) is 0 Å². The lowest BCUT2D eigenvalue weighted by molar-refractivity contribution is 1.04. The van der Waals surface area contributed by atoms with Gasteiger partial charge in [0.2, 0.25) is 0 Å². The quantitative estimate of drug-likeness (QED) is 0.678. The Morgan fingerprint density at radius 2 is 1.88 bits per heavy atom.